The van der Waals surface area contributed by atoms with Crippen LogP contribution in [0.3, 0.4) is 0 Å². The molecule has 70 valence electrons. The number of benzene rings is 1. The van der Waals surface area contributed by atoms with E-state index in [1.807, 2.05) is 20.2 Å². The van der Waals surface area contributed by atoms with Crippen LogP contribution in [0.25, 0.3) is 6.08 Å². The molecule has 13 heavy (non-hydrogen) atoms. The van der Waals surface area contributed by atoms with Crippen LogP contribution in [0, 0.1) is 0 Å². The van der Waals surface area contributed by atoms with Crippen molar-refractivity contribution < 1.29 is 0 Å². The lowest BCUT2D eigenvalue weighted by Gasteiger charge is -2.07. The van der Waals surface area contributed by atoms with Gasteiger partial charge in [-0.1, -0.05) is 18.7 Å². The Bertz CT molecular complexity index is 297. The molecular weight excluding hydrogens is 180 g/mol. The molecule has 0 heterocycles. The van der Waals surface area contributed by atoms with Crippen molar-refractivity contribution in [2.45, 2.75) is 4.90 Å². The highest BCUT2D eigenvalue weighted by Crippen LogP contribution is 2.23. The zero-order valence-corrected chi connectivity index (χ0v) is 8.74. The highest BCUT2D eigenvalue weighted by atomic mass is 32.2. The summed E-state index contributed by atoms with van der Waals surface area (Å²) >= 11 is 1.60. The van der Waals surface area contributed by atoms with E-state index in [0.717, 1.165) is 11.3 Å². The highest BCUT2D eigenvalue weighted by Gasteiger charge is 1.98. The van der Waals surface area contributed by atoms with Gasteiger partial charge in [-0.3, -0.25) is 4.72 Å². The average Bonchev–Trinajstić information content (AvgIpc) is 2.18. The standard InChI is InChI=1S/C10H14N2S/c1-4-8-5-6-9(13-12-3)7-10(8)11-2/h4-7,11-12H,1H2,2-3H3. The molecule has 0 aliphatic heterocycles. The van der Waals surface area contributed by atoms with E-state index in [-0.39, 0.29) is 0 Å². The molecule has 0 aromatic heterocycles. The van der Waals surface area contributed by atoms with E-state index >= 15 is 0 Å². The van der Waals surface area contributed by atoms with Gasteiger partial charge in [0.1, 0.15) is 0 Å². The van der Waals surface area contributed by atoms with Crippen molar-refractivity contribution in [3.8, 4) is 0 Å². The smallest absolute Gasteiger partial charge is 0.0422 e. The van der Waals surface area contributed by atoms with Gasteiger partial charge < -0.3 is 5.32 Å². The predicted octanol–water partition coefficient (Wildman–Crippen LogP) is 2.60. The molecule has 0 aliphatic carbocycles. The second kappa shape index (κ2) is 4.94. The molecular formula is C10H14N2S. The summed E-state index contributed by atoms with van der Waals surface area (Å²) in [5.74, 6) is 0. The number of hydrogen-bond donors (Lipinski definition) is 2. The zero-order chi connectivity index (χ0) is 9.68. The molecule has 0 bridgehead atoms. The van der Waals surface area contributed by atoms with E-state index < -0.39 is 0 Å². The van der Waals surface area contributed by atoms with E-state index in [0.29, 0.717) is 0 Å². The summed E-state index contributed by atoms with van der Waals surface area (Å²) in [7, 11) is 3.82. The fraction of sp³-hybridized carbons (Fsp3) is 0.200. The molecule has 1 aromatic carbocycles. The maximum atomic E-state index is 3.75. The van der Waals surface area contributed by atoms with Crippen LogP contribution in [0.2, 0.25) is 0 Å². The molecule has 0 amide bonds. The number of hydrogen-bond acceptors (Lipinski definition) is 3. The number of nitrogens with one attached hydrogen (secondary N) is 2. The van der Waals surface area contributed by atoms with Gasteiger partial charge in [0.15, 0.2) is 0 Å². The first-order chi connectivity index (χ1) is 6.31. The van der Waals surface area contributed by atoms with Gasteiger partial charge in [-0.05, 0) is 36.7 Å². The quantitative estimate of drug-likeness (QED) is 0.720. The Morgan fingerprint density at radius 2 is 2.15 bits per heavy atom. The lowest BCUT2D eigenvalue weighted by molar-refractivity contribution is 1.27. The monoisotopic (exact) mass is 194 g/mol. The zero-order valence-electron chi connectivity index (χ0n) is 7.92. The van der Waals surface area contributed by atoms with Crippen LogP contribution >= 0.6 is 11.9 Å². The van der Waals surface area contributed by atoms with Crippen molar-refractivity contribution in [3.63, 3.8) is 0 Å². The normalized spacial score (nSPS) is 9.69. The Kier molecular flexibility index (Phi) is 3.86. The largest absolute Gasteiger partial charge is 0.388 e. The Hall–Kier alpha value is -0.930. The van der Waals surface area contributed by atoms with E-state index in [4.69, 9.17) is 0 Å². The van der Waals surface area contributed by atoms with E-state index in [2.05, 4.69) is 34.8 Å². The summed E-state index contributed by atoms with van der Waals surface area (Å²) in [6.07, 6.45) is 1.85. The Morgan fingerprint density at radius 1 is 1.38 bits per heavy atom. The van der Waals surface area contributed by atoms with E-state index in [1.54, 1.807) is 11.9 Å². The van der Waals surface area contributed by atoms with Crippen LogP contribution < -0.4 is 10.0 Å². The average molecular weight is 194 g/mol. The minimum atomic E-state index is 1.11. The van der Waals surface area contributed by atoms with Crippen molar-refractivity contribution in [2.75, 3.05) is 19.4 Å². The van der Waals surface area contributed by atoms with Crippen molar-refractivity contribution in [3.05, 3.63) is 30.3 Å². The van der Waals surface area contributed by atoms with Gasteiger partial charge in [0.25, 0.3) is 0 Å². The van der Waals surface area contributed by atoms with Crippen LogP contribution in [0.4, 0.5) is 5.69 Å². The first-order valence-corrected chi connectivity index (χ1v) is 4.91. The van der Waals surface area contributed by atoms with Crippen LogP contribution in [0.1, 0.15) is 5.56 Å². The van der Waals surface area contributed by atoms with Gasteiger partial charge in [-0.2, -0.15) is 0 Å². The molecule has 1 aromatic rings. The summed E-state index contributed by atoms with van der Waals surface area (Å²) in [5.41, 5.74) is 2.23. The summed E-state index contributed by atoms with van der Waals surface area (Å²) in [4.78, 5) is 1.19. The molecule has 3 heteroatoms. The second-order valence-electron chi connectivity index (χ2n) is 2.51. The SMILES string of the molecule is C=Cc1ccc(SNC)cc1NC. The summed E-state index contributed by atoms with van der Waals surface area (Å²) in [6, 6.07) is 6.22. The van der Waals surface area contributed by atoms with Gasteiger partial charge >= 0.3 is 0 Å². The molecule has 0 aliphatic rings. The maximum Gasteiger partial charge on any atom is 0.0422 e. The van der Waals surface area contributed by atoms with Gasteiger partial charge in [0.05, 0.1) is 0 Å². The summed E-state index contributed by atoms with van der Waals surface area (Å²) < 4.78 is 3.04. The molecule has 0 unspecified atom stereocenters. The molecule has 0 atom stereocenters. The molecule has 0 saturated heterocycles. The van der Waals surface area contributed by atoms with Gasteiger partial charge in [0, 0.05) is 17.6 Å². The van der Waals surface area contributed by atoms with Gasteiger partial charge in [0.2, 0.25) is 0 Å². The lowest BCUT2D eigenvalue weighted by Crippen LogP contribution is -1.94. The Labute approximate surface area is 83.6 Å². The van der Waals surface area contributed by atoms with Crippen LogP contribution in [-0.2, 0) is 0 Å². The molecule has 2 N–H and O–H groups in total. The van der Waals surface area contributed by atoms with Crippen molar-refractivity contribution in [1.82, 2.24) is 4.72 Å². The first-order valence-electron chi connectivity index (χ1n) is 4.09. The van der Waals surface area contributed by atoms with Gasteiger partial charge in [-0.15, -0.1) is 0 Å². The first kappa shape index (κ1) is 10.2. The molecule has 2 nitrogen and oxygen atoms in total. The highest BCUT2D eigenvalue weighted by molar-refractivity contribution is 7.97. The minimum Gasteiger partial charge on any atom is -0.388 e. The topological polar surface area (TPSA) is 24.1 Å². The summed E-state index contributed by atoms with van der Waals surface area (Å²) in [5, 5.41) is 3.13. The van der Waals surface area contributed by atoms with Crippen LogP contribution in [0.15, 0.2) is 29.7 Å². The Morgan fingerprint density at radius 3 is 2.69 bits per heavy atom. The molecule has 0 spiro atoms. The number of rotatable bonds is 4. The van der Waals surface area contributed by atoms with E-state index in [1.165, 1.54) is 4.90 Å². The Balaban J connectivity index is 2.98. The molecule has 0 saturated carbocycles. The summed E-state index contributed by atoms with van der Waals surface area (Å²) in [6.45, 7) is 3.75. The third-order valence-electron chi connectivity index (χ3n) is 1.73. The maximum absolute atomic E-state index is 3.75. The third kappa shape index (κ3) is 2.50. The van der Waals surface area contributed by atoms with E-state index in [9.17, 15) is 0 Å². The van der Waals surface area contributed by atoms with Crippen LogP contribution in [0.5, 0.6) is 0 Å². The fourth-order valence-corrected chi connectivity index (χ4v) is 1.66. The third-order valence-corrected chi connectivity index (χ3v) is 2.43. The van der Waals surface area contributed by atoms with Crippen molar-refractivity contribution >= 4 is 23.7 Å². The van der Waals surface area contributed by atoms with Gasteiger partial charge in [-0.25, -0.2) is 0 Å². The second-order valence-corrected chi connectivity index (χ2v) is 3.59. The molecule has 1 rings (SSSR count). The number of anilines is 1. The predicted molar refractivity (Wildman–Crippen MR) is 61.0 cm³/mol. The lowest BCUT2D eigenvalue weighted by atomic mass is 10.2. The van der Waals surface area contributed by atoms with Crippen LogP contribution in [-0.4, -0.2) is 14.1 Å². The van der Waals surface area contributed by atoms with Crippen molar-refractivity contribution in [2.24, 2.45) is 0 Å². The molecule has 0 fully saturated rings. The van der Waals surface area contributed by atoms with Crippen molar-refractivity contribution in [1.29, 1.82) is 0 Å². The minimum absolute atomic E-state index is 1.11. The molecule has 0 radical (unpaired) electrons. The fourth-order valence-electron chi connectivity index (χ4n) is 1.11.